The first-order valence-electron chi connectivity index (χ1n) is 3.31. The summed E-state index contributed by atoms with van der Waals surface area (Å²) in [5.74, 6) is 3.15. The molecule has 0 aliphatic carbocycles. The number of hydrogen-bond acceptors (Lipinski definition) is 1. The summed E-state index contributed by atoms with van der Waals surface area (Å²) in [6.07, 6.45) is 5.65. The Labute approximate surface area is 90.3 Å². The van der Waals surface area contributed by atoms with Gasteiger partial charge in [-0.3, -0.25) is 4.21 Å². The molecule has 1 atom stereocenters. The lowest BCUT2D eigenvalue weighted by molar-refractivity contribution is 0.684. The van der Waals surface area contributed by atoms with E-state index in [9.17, 15) is 4.21 Å². The van der Waals surface area contributed by atoms with Crippen molar-refractivity contribution in [2.45, 2.75) is 12.5 Å². The van der Waals surface area contributed by atoms with Gasteiger partial charge in [0, 0.05) is 16.6 Å². The van der Waals surface area contributed by atoms with E-state index in [4.69, 9.17) is 39.7 Å². The summed E-state index contributed by atoms with van der Waals surface area (Å²) in [5, 5.41) is 0. The van der Waals surface area contributed by atoms with Gasteiger partial charge in [-0.05, 0) is 12.5 Å². The van der Waals surface area contributed by atoms with Crippen LogP contribution in [0.5, 0.6) is 0 Å². The third-order valence-electron chi connectivity index (χ3n) is 1.08. The highest BCUT2D eigenvalue weighted by atomic mass is 35.8. The summed E-state index contributed by atoms with van der Waals surface area (Å²) >= 11 is 16.9. The van der Waals surface area contributed by atoms with E-state index < -0.39 is 16.8 Å². The average molecular weight is 264 g/mol. The molecule has 0 aliphatic rings. The number of terminal acetylenes is 1. The molecule has 0 aliphatic heterocycles. The molecule has 1 nitrogen and oxygen atoms in total. The molecule has 0 fully saturated rings. The van der Waals surface area contributed by atoms with Crippen molar-refractivity contribution in [1.82, 2.24) is 0 Å². The molecular formula is C6H9Cl3OSSi. The molecule has 70 valence electrons. The predicted octanol–water partition coefficient (Wildman–Crippen LogP) is 2.41. The van der Waals surface area contributed by atoms with E-state index in [-0.39, 0.29) is 0 Å². The topological polar surface area (TPSA) is 17.1 Å². The minimum absolute atomic E-state index is 0.293. The Balaban J connectivity index is 3.45. The Morgan fingerprint density at radius 3 is 2.42 bits per heavy atom. The van der Waals surface area contributed by atoms with E-state index in [1.807, 2.05) is 0 Å². The van der Waals surface area contributed by atoms with Crippen molar-refractivity contribution in [2.24, 2.45) is 0 Å². The van der Waals surface area contributed by atoms with Gasteiger partial charge in [0.15, 0.2) is 0 Å². The third-order valence-corrected chi connectivity index (χ3v) is 4.93. The van der Waals surface area contributed by atoms with Crippen molar-refractivity contribution in [3.8, 4) is 12.3 Å². The molecule has 0 bridgehead atoms. The first kappa shape index (κ1) is 12.8. The van der Waals surface area contributed by atoms with Crippen LogP contribution in [0, 0.1) is 12.3 Å². The van der Waals surface area contributed by atoms with Crippen LogP contribution in [0.2, 0.25) is 6.04 Å². The van der Waals surface area contributed by atoms with Crippen LogP contribution < -0.4 is 0 Å². The fourth-order valence-corrected chi connectivity index (χ4v) is 3.43. The zero-order valence-electron chi connectivity index (χ0n) is 6.36. The van der Waals surface area contributed by atoms with Crippen LogP contribution in [0.15, 0.2) is 0 Å². The van der Waals surface area contributed by atoms with Crippen molar-refractivity contribution in [3.63, 3.8) is 0 Å². The summed E-state index contributed by atoms with van der Waals surface area (Å²) in [4.78, 5) is 0. The number of halogens is 3. The molecule has 0 spiro atoms. The average Bonchev–Trinajstić information content (AvgIpc) is 1.84. The quantitative estimate of drug-likeness (QED) is 0.423. The number of rotatable bonds is 5. The minimum atomic E-state index is -2.52. The highest BCUT2D eigenvalue weighted by molar-refractivity contribution is 7.85. The van der Waals surface area contributed by atoms with Gasteiger partial charge in [-0.1, -0.05) is 5.92 Å². The fraction of sp³-hybridized carbons (Fsp3) is 0.667. The second kappa shape index (κ2) is 6.28. The first-order chi connectivity index (χ1) is 5.45. The van der Waals surface area contributed by atoms with Gasteiger partial charge in [-0.25, -0.2) is 0 Å². The highest BCUT2D eigenvalue weighted by Crippen LogP contribution is 2.26. The van der Waals surface area contributed by atoms with Crippen molar-refractivity contribution >= 4 is 50.0 Å². The van der Waals surface area contributed by atoms with Gasteiger partial charge in [0.05, 0.1) is 5.75 Å². The predicted molar refractivity (Wildman–Crippen MR) is 59.4 cm³/mol. The van der Waals surface area contributed by atoms with Gasteiger partial charge in [-0.2, -0.15) is 0 Å². The summed E-state index contributed by atoms with van der Waals surface area (Å²) < 4.78 is 11.0. The smallest absolute Gasteiger partial charge is 0.259 e. The lowest BCUT2D eigenvalue weighted by Crippen LogP contribution is -2.11. The largest absolute Gasteiger partial charge is 0.341 e. The Kier molecular flexibility index (Phi) is 6.70. The van der Waals surface area contributed by atoms with Crippen LogP contribution in [0.4, 0.5) is 0 Å². The van der Waals surface area contributed by atoms with Gasteiger partial charge < -0.3 is 0 Å². The van der Waals surface area contributed by atoms with E-state index >= 15 is 0 Å². The van der Waals surface area contributed by atoms with Gasteiger partial charge in [-0.15, -0.1) is 39.7 Å². The third kappa shape index (κ3) is 8.89. The summed E-state index contributed by atoms with van der Waals surface area (Å²) in [6, 6.07) is -1.97. The van der Waals surface area contributed by atoms with E-state index in [0.29, 0.717) is 24.0 Å². The molecular weight excluding hydrogens is 255 g/mol. The number of hydrogen-bond donors (Lipinski definition) is 0. The van der Waals surface area contributed by atoms with E-state index in [0.717, 1.165) is 0 Å². The van der Waals surface area contributed by atoms with E-state index in [1.165, 1.54) is 0 Å². The van der Waals surface area contributed by atoms with Gasteiger partial charge in [0.25, 0.3) is 0 Å². The molecule has 0 saturated carbocycles. The summed E-state index contributed by atoms with van der Waals surface area (Å²) in [5.41, 5.74) is 0. The highest BCUT2D eigenvalue weighted by Gasteiger charge is 2.23. The van der Waals surface area contributed by atoms with Crippen molar-refractivity contribution < 1.29 is 4.21 Å². The Morgan fingerprint density at radius 2 is 2.00 bits per heavy atom. The maximum Gasteiger partial charge on any atom is 0.341 e. The lowest BCUT2D eigenvalue weighted by Gasteiger charge is -2.05. The zero-order valence-corrected chi connectivity index (χ0v) is 10.4. The van der Waals surface area contributed by atoms with Crippen molar-refractivity contribution in [2.75, 3.05) is 11.5 Å². The molecule has 0 N–H and O–H groups in total. The van der Waals surface area contributed by atoms with Gasteiger partial charge >= 0.3 is 6.00 Å². The van der Waals surface area contributed by atoms with Crippen LogP contribution >= 0.6 is 33.2 Å². The molecule has 0 saturated heterocycles. The van der Waals surface area contributed by atoms with Crippen molar-refractivity contribution in [1.29, 1.82) is 0 Å². The molecule has 0 aromatic heterocycles. The monoisotopic (exact) mass is 262 g/mol. The Morgan fingerprint density at radius 1 is 1.42 bits per heavy atom. The molecule has 6 heteroatoms. The van der Waals surface area contributed by atoms with Crippen molar-refractivity contribution in [3.05, 3.63) is 0 Å². The van der Waals surface area contributed by atoms with Gasteiger partial charge in [0.2, 0.25) is 0 Å². The lowest BCUT2D eigenvalue weighted by atomic mass is 10.6. The SMILES string of the molecule is C#CCS(=O)CCC[Si](Cl)(Cl)Cl. The molecule has 12 heavy (non-hydrogen) atoms. The van der Waals surface area contributed by atoms with Crippen LogP contribution in [0.1, 0.15) is 6.42 Å². The van der Waals surface area contributed by atoms with Crippen LogP contribution in [0.25, 0.3) is 0 Å². The van der Waals surface area contributed by atoms with Crippen LogP contribution in [-0.4, -0.2) is 21.7 Å². The van der Waals surface area contributed by atoms with E-state index in [1.54, 1.807) is 0 Å². The summed E-state index contributed by atoms with van der Waals surface area (Å²) in [6.45, 7) is 0. The first-order valence-corrected chi connectivity index (χ1v) is 10.0. The maximum absolute atomic E-state index is 11.0. The molecule has 0 amide bonds. The maximum atomic E-state index is 11.0. The normalized spacial score (nSPS) is 13.8. The van der Waals surface area contributed by atoms with Gasteiger partial charge in [0.1, 0.15) is 0 Å². The zero-order chi connectivity index (χ0) is 9.61. The minimum Gasteiger partial charge on any atom is -0.259 e. The van der Waals surface area contributed by atoms with Crippen LogP contribution in [-0.2, 0) is 10.8 Å². The second-order valence-corrected chi connectivity index (χ2v) is 13.1. The fourth-order valence-electron chi connectivity index (χ4n) is 0.599. The van der Waals surface area contributed by atoms with E-state index in [2.05, 4.69) is 5.92 Å². The summed E-state index contributed by atoms with van der Waals surface area (Å²) in [7, 11) is -0.945. The Bertz CT molecular complexity index is 196. The standard InChI is InChI=1S/C6H9Cl3OSSi/c1-2-4-11(10)5-3-6-12(7,8)9/h1H,3-6H2. The molecule has 0 radical (unpaired) electrons. The molecule has 0 rings (SSSR count). The Hall–Kier alpha value is 0.797. The second-order valence-electron chi connectivity index (χ2n) is 2.21. The molecule has 0 aromatic rings. The molecule has 0 heterocycles. The van der Waals surface area contributed by atoms with Crippen LogP contribution in [0.3, 0.4) is 0 Å². The molecule has 0 aromatic carbocycles. The molecule has 1 unspecified atom stereocenters.